The highest BCUT2D eigenvalue weighted by atomic mass is 16.5. The number of hydrogen-bond donors (Lipinski definition) is 1. The van der Waals surface area contributed by atoms with Gasteiger partial charge in [0.15, 0.2) is 0 Å². The van der Waals surface area contributed by atoms with Crippen LogP contribution in [0.3, 0.4) is 0 Å². The van der Waals surface area contributed by atoms with Crippen LogP contribution in [0.4, 0.5) is 4.79 Å². The van der Waals surface area contributed by atoms with Crippen molar-refractivity contribution in [1.82, 2.24) is 30.1 Å². The van der Waals surface area contributed by atoms with Gasteiger partial charge in [0.05, 0.1) is 58.9 Å². The number of likely N-dealkylation sites (tertiary alicyclic amines) is 2. The van der Waals surface area contributed by atoms with Crippen molar-refractivity contribution in [2.75, 3.05) is 59.3 Å². The van der Waals surface area contributed by atoms with Crippen LogP contribution in [-0.2, 0) is 36.9 Å². The van der Waals surface area contributed by atoms with Crippen LogP contribution >= 0.6 is 0 Å². The van der Waals surface area contributed by atoms with Crippen molar-refractivity contribution in [2.24, 2.45) is 23.2 Å². The standard InChI is InChI=1S/C28H48N6O6/c1-21(2)24-18-25(35)34(26(24)36)20-23-19-33(31-30-23)11-13-39-15-17-40-16-14-38-12-8-29-27(37)32-9-6-22(7-10-32)28(3,4)5/h19,21-22,24H,6-18,20H2,1-5H3,(H,29,37). The van der Waals surface area contributed by atoms with E-state index in [1.165, 1.54) is 4.90 Å². The Kier molecular flexibility index (Phi) is 12.3. The molecule has 1 N–H and O–H groups in total. The first-order valence-corrected chi connectivity index (χ1v) is 14.6. The SMILES string of the molecule is CC(C)C1CC(=O)N(Cc2cn(CCOCCOCCOCCNC(=O)N3CCC(C(C)(C)C)CC3)nn2)C1=O. The molecule has 226 valence electrons. The Morgan fingerprint density at radius 1 is 1.02 bits per heavy atom. The minimum Gasteiger partial charge on any atom is -0.377 e. The lowest BCUT2D eigenvalue weighted by Gasteiger charge is -2.38. The van der Waals surface area contributed by atoms with Gasteiger partial charge in [-0.3, -0.25) is 14.5 Å². The van der Waals surface area contributed by atoms with Crippen molar-refractivity contribution in [3.8, 4) is 0 Å². The van der Waals surface area contributed by atoms with Gasteiger partial charge in [0.25, 0.3) is 0 Å². The van der Waals surface area contributed by atoms with Crippen molar-refractivity contribution in [3.63, 3.8) is 0 Å². The molecule has 2 saturated heterocycles. The van der Waals surface area contributed by atoms with Crippen LogP contribution in [-0.4, -0.2) is 102 Å². The molecule has 2 aliphatic rings. The summed E-state index contributed by atoms with van der Waals surface area (Å²) in [4.78, 5) is 40.2. The average Bonchev–Trinajstić information content (AvgIpc) is 3.48. The molecule has 0 bridgehead atoms. The molecule has 40 heavy (non-hydrogen) atoms. The first-order chi connectivity index (χ1) is 19.1. The predicted molar refractivity (Wildman–Crippen MR) is 148 cm³/mol. The number of carbonyl (C=O) groups is 3. The minimum absolute atomic E-state index is 0.0111. The molecule has 3 rings (SSSR count). The van der Waals surface area contributed by atoms with E-state index in [-0.39, 0.29) is 42.6 Å². The molecule has 0 aromatic carbocycles. The minimum atomic E-state index is -0.246. The first kappa shape index (κ1) is 32.0. The highest BCUT2D eigenvalue weighted by Gasteiger charge is 2.40. The Hall–Kier alpha value is -2.57. The highest BCUT2D eigenvalue weighted by Crippen LogP contribution is 2.34. The molecule has 2 fully saturated rings. The number of ether oxygens (including phenoxy) is 3. The molecule has 1 unspecified atom stereocenters. The van der Waals surface area contributed by atoms with Gasteiger partial charge in [-0.2, -0.15) is 0 Å². The molecule has 0 radical (unpaired) electrons. The third-order valence-corrected chi connectivity index (χ3v) is 7.73. The second-order valence-electron chi connectivity index (χ2n) is 12.0. The first-order valence-electron chi connectivity index (χ1n) is 14.6. The van der Waals surface area contributed by atoms with Crippen molar-refractivity contribution >= 4 is 17.8 Å². The summed E-state index contributed by atoms with van der Waals surface area (Å²) < 4.78 is 18.3. The van der Waals surface area contributed by atoms with Gasteiger partial charge in [0.1, 0.15) is 5.69 Å². The van der Waals surface area contributed by atoms with E-state index >= 15 is 0 Å². The Balaban J connectivity index is 1.14. The molecule has 0 aliphatic carbocycles. The number of aromatic nitrogens is 3. The zero-order valence-corrected chi connectivity index (χ0v) is 24.9. The highest BCUT2D eigenvalue weighted by molar-refractivity contribution is 6.03. The van der Waals surface area contributed by atoms with Gasteiger partial charge in [0, 0.05) is 32.0 Å². The smallest absolute Gasteiger partial charge is 0.317 e. The molecule has 1 aromatic heterocycles. The molecule has 4 amide bonds. The molecule has 0 saturated carbocycles. The summed E-state index contributed by atoms with van der Waals surface area (Å²) in [7, 11) is 0. The van der Waals surface area contributed by atoms with Crippen LogP contribution in [0.5, 0.6) is 0 Å². The number of rotatable bonds is 15. The van der Waals surface area contributed by atoms with Crippen molar-refractivity contribution < 1.29 is 28.6 Å². The molecule has 1 atom stereocenters. The fourth-order valence-electron chi connectivity index (χ4n) is 5.07. The number of piperidine rings is 1. The summed E-state index contributed by atoms with van der Waals surface area (Å²) >= 11 is 0. The number of imide groups is 1. The van der Waals surface area contributed by atoms with Crippen LogP contribution in [0.25, 0.3) is 0 Å². The second kappa shape index (κ2) is 15.4. The summed E-state index contributed by atoms with van der Waals surface area (Å²) in [6.07, 6.45) is 4.11. The van der Waals surface area contributed by atoms with E-state index in [1.807, 2.05) is 18.7 Å². The number of hydrogen-bond acceptors (Lipinski definition) is 8. The maximum Gasteiger partial charge on any atom is 0.317 e. The van der Waals surface area contributed by atoms with Gasteiger partial charge in [-0.05, 0) is 30.1 Å². The lowest BCUT2D eigenvalue weighted by atomic mass is 9.75. The number of amides is 4. The molecule has 12 nitrogen and oxygen atoms in total. The van der Waals surface area contributed by atoms with E-state index in [2.05, 4.69) is 36.4 Å². The predicted octanol–water partition coefficient (Wildman–Crippen LogP) is 2.33. The third-order valence-electron chi connectivity index (χ3n) is 7.73. The van der Waals surface area contributed by atoms with E-state index in [0.717, 1.165) is 25.9 Å². The van der Waals surface area contributed by atoms with Gasteiger partial charge >= 0.3 is 6.03 Å². The molecular formula is C28H48N6O6. The Morgan fingerprint density at radius 3 is 2.25 bits per heavy atom. The fourth-order valence-corrected chi connectivity index (χ4v) is 5.07. The monoisotopic (exact) mass is 564 g/mol. The lowest BCUT2D eigenvalue weighted by Crippen LogP contribution is -2.46. The summed E-state index contributed by atoms with van der Waals surface area (Å²) in [5, 5.41) is 11.1. The third kappa shape index (κ3) is 9.81. The number of nitrogens with zero attached hydrogens (tertiary/aromatic N) is 5. The quantitative estimate of drug-likeness (QED) is 0.254. The maximum atomic E-state index is 12.5. The van der Waals surface area contributed by atoms with Crippen LogP contribution in [0, 0.1) is 23.2 Å². The molecule has 0 spiro atoms. The Morgan fingerprint density at radius 2 is 1.65 bits per heavy atom. The molecule has 12 heteroatoms. The van der Waals surface area contributed by atoms with Crippen LogP contribution < -0.4 is 5.32 Å². The van der Waals surface area contributed by atoms with E-state index < -0.39 is 0 Å². The van der Waals surface area contributed by atoms with E-state index in [0.29, 0.717) is 69.8 Å². The van der Waals surface area contributed by atoms with E-state index in [9.17, 15) is 14.4 Å². The van der Waals surface area contributed by atoms with Crippen LogP contribution in [0.1, 0.15) is 59.6 Å². The molecule has 2 aliphatic heterocycles. The van der Waals surface area contributed by atoms with Gasteiger partial charge in [0.2, 0.25) is 11.8 Å². The summed E-state index contributed by atoms with van der Waals surface area (Å²) in [6, 6.07) is -0.0111. The summed E-state index contributed by atoms with van der Waals surface area (Å²) in [5.74, 6) is 0.275. The zero-order valence-electron chi connectivity index (χ0n) is 24.9. The normalized spacial score (nSPS) is 18.8. The number of carbonyl (C=O) groups excluding carboxylic acids is 3. The van der Waals surface area contributed by atoms with Crippen molar-refractivity contribution in [3.05, 3.63) is 11.9 Å². The second-order valence-corrected chi connectivity index (χ2v) is 12.0. The van der Waals surface area contributed by atoms with Crippen LogP contribution in [0.15, 0.2) is 6.20 Å². The van der Waals surface area contributed by atoms with Gasteiger partial charge in [-0.25, -0.2) is 9.48 Å². The van der Waals surface area contributed by atoms with Crippen molar-refractivity contribution in [1.29, 1.82) is 0 Å². The zero-order chi connectivity index (χ0) is 29.1. The van der Waals surface area contributed by atoms with Gasteiger partial charge in [-0.15, -0.1) is 5.10 Å². The number of nitrogens with one attached hydrogen (secondary N) is 1. The fraction of sp³-hybridized carbons (Fsp3) is 0.821. The largest absolute Gasteiger partial charge is 0.377 e. The van der Waals surface area contributed by atoms with Crippen molar-refractivity contribution in [2.45, 2.75) is 67.0 Å². The molecule has 3 heterocycles. The Bertz CT molecular complexity index is 953. The molecular weight excluding hydrogens is 516 g/mol. The van der Waals surface area contributed by atoms with E-state index in [4.69, 9.17) is 14.2 Å². The molecule has 1 aromatic rings. The average molecular weight is 565 g/mol. The van der Waals surface area contributed by atoms with E-state index in [1.54, 1.807) is 10.9 Å². The van der Waals surface area contributed by atoms with Gasteiger partial charge < -0.3 is 24.4 Å². The van der Waals surface area contributed by atoms with Crippen LogP contribution in [0.2, 0.25) is 0 Å². The number of urea groups is 1. The Labute approximate surface area is 238 Å². The lowest BCUT2D eigenvalue weighted by molar-refractivity contribution is -0.140. The topological polar surface area (TPSA) is 128 Å². The maximum absolute atomic E-state index is 12.5. The van der Waals surface area contributed by atoms with Gasteiger partial charge in [-0.1, -0.05) is 39.8 Å². The summed E-state index contributed by atoms with van der Waals surface area (Å²) in [6.45, 7) is 16.2. The summed E-state index contributed by atoms with van der Waals surface area (Å²) in [5.41, 5.74) is 0.877.